The van der Waals surface area contributed by atoms with E-state index in [2.05, 4.69) is 0 Å². The van der Waals surface area contributed by atoms with Crippen LogP contribution in [-0.2, 0) is 0 Å². The van der Waals surface area contributed by atoms with Crippen LogP contribution in [0.1, 0.15) is 5.56 Å². The molecule has 0 saturated heterocycles. The van der Waals surface area contributed by atoms with Crippen LogP contribution in [0.3, 0.4) is 0 Å². The molecule has 0 fully saturated rings. The lowest BCUT2D eigenvalue weighted by Gasteiger charge is -2.21. The van der Waals surface area contributed by atoms with Crippen molar-refractivity contribution in [3.8, 4) is 0 Å². The van der Waals surface area contributed by atoms with Crippen LogP contribution in [-0.4, -0.2) is 12.0 Å². The van der Waals surface area contributed by atoms with Crippen LogP contribution in [0.15, 0.2) is 66.9 Å². The third-order valence-electron chi connectivity index (χ3n) is 2.80. The van der Waals surface area contributed by atoms with Crippen molar-refractivity contribution in [2.75, 3.05) is 11.9 Å². The van der Waals surface area contributed by atoms with Gasteiger partial charge in [-0.2, -0.15) is 0 Å². The van der Waals surface area contributed by atoms with Gasteiger partial charge >= 0.3 is 0 Å². The monoisotopic (exact) mass is 254 g/mol. The third-order valence-corrected chi connectivity index (χ3v) is 2.80. The molecule has 19 heavy (non-hydrogen) atoms. The summed E-state index contributed by atoms with van der Waals surface area (Å²) in [4.78, 5) is 12.2. The van der Waals surface area contributed by atoms with Gasteiger partial charge in [-0.25, -0.2) is 0 Å². The highest BCUT2D eigenvalue weighted by Crippen LogP contribution is 2.24. The van der Waals surface area contributed by atoms with Crippen molar-refractivity contribution in [1.82, 2.24) is 0 Å². The van der Waals surface area contributed by atoms with Crippen LogP contribution < -0.4 is 4.90 Å². The van der Waals surface area contributed by atoms with E-state index in [1.54, 1.807) is 4.90 Å². The fourth-order valence-corrected chi connectivity index (χ4v) is 1.85. The molecule has 0 spiro atoms. The lowest BCUT2D eigenvalue weighted by molar-refractivity contribution is -0.401. The third kappa shape index (κ3) is 3.19. The average molecular weight is 254 g/mol. The number of nitro groups is 1. The standard InChI is InChI=1S/C15H14N2O2/c1-16(14-10-6-3-7-11-14)15(12-17(18)19)13-8-4-2-5-9-13/h2-12H,1H3/b15-12-. The summed E-state index contributed by atoms with van der Waals surface area (Å²) in [6.07, 6.45) is 1.03. The second kappa shape index (κ2) is 5.82. The Balaban J connectivity index is 2.43. The van der Waals surface area contributed by atoms with Crippen LogP contribution in [0, 0.1) is 10.1 Å². The normalized spacial score (nSPS) is 11.1. The molecule has 4 heteroatoms. The smallest absolute Gasteiger partial charge is 0.258 e. The maximum absolute atomic E-state index is 10.8. The van der Waals surface area contributed by atoms with Gasteiger partial charge in [0.1, 0.15) is 5.70 Å². The number of hydrogen-bond donors (Lipinski definition) is 0. The van der Waals surface area contributed by atoms with Crippen molar-refractivity contribution in [2.45, 2.75) is 0 Å². The molecule has 0 saturated carbocycles. The van der Waals surface area contributed by atoms with E-state index in [-0.39, 0.29) is 0 Å². The summed E-state index contributed by atoms with van der Waals surface area (Å²) < 4.78 is 0. The molecule has 4 nitrogen and oxygen atoms in total. The molecule has 0 N–H and O–H groups in total. The summed E-state index contributed by atoms with van der Waals surface area (Å²) in [5, 5.41) is 10.8. The quantitative estimate of drug-likeness (QED) is 0.620. The Morgan fingerprint density at radius 1 is 1.05 bits per heavy atom. The van der Waals surface area contributed by atoms with E-state index in [0.29, 0.717) is 5.70 Å². The van der Waals surface area contributed by atoms with Crippen molar-refractivity contribution in [3.63, 3.8) is 0 Å². The topological polar surface area (TPSA) is 46.4 Å². The predicted molar refractivity (Wildman–Crippen MR) is 76.3 cm³/mol. The molecule has 0 amide bonds. The van der Waals surface area contributed by atoms with Gasteiger partial charge in [0, 0.05) is 18.3 Å². The van der Waals surface area contributed by atoms with Gasteiger partial charge < -0.3 is 4.90 Å². The van der Waals surface area contributed by atoms with Crippen LogP contribution in [0.5, 0.6) is 0 Å². The van der Waals surface area contributed by atoms with Crippen molar-refractivity contribution < 1.29 is 4.92 Å². The molecule has 0 unspecified atom stereocenters. The Kier molecular flexibility index (Phi) is 3.93. The van der Waals surface area contributed by atoms with E-state index in [0.717, 1.165) is 17.5 Å². The largest absolute Gasteiger partial charge is 0.339 e. The van der Waals surface area contributed by atoms with Gasteiger partial charge in [0.05, 0.1) is 4.92 Å². The van der Waals surface area contributed by atoms with E-state index in [1.807, 2.05) is 67.7 Å². The summed E-state index contributed by atoms with van der Waals surface area (Å²) in [7, 11) is 1.82. The second-order valence-corrected chi connectivity index (χ2v) is 4.06. The highest BCUT2D eigenvalue weighted by atomic mass is 16.6. The maximum Gasteiger partial charge on any atom is 0.258 e. The van der Waals surface area contributed by atoms with Crippen molar-refractivity contribution in [3.05, 3.63) is 82.5 Å². The molecule has 0 atom stereocenters. The first-order chi connectivity index (χ1) is 9.18. The highest BCUT2D eigenvalue weighted by molar-refractivity contribution is 5.77. The molecule has 2 rings (SSSR count). The van der Waals surface area contributed by atoms with Crippen molar-refractivity contribution in [2.24, 2.45) is 0 Å². The van der Waals surface area contributed by atoms with Crippen LogP contribution in [0.25, 0.3) is 5.70 Å². The Bertz CT molecular complexity index is 580. The molecular weight excluding hydrogens is 240 g/mol. The van der Waals surface area contributed by atoms with Crippen molar-refractivity contribution in [1.29, 1.82) is 0 Å². The number of rotatable bonds is 4. The van der Waals surface area contributed by atoms with E-state index >= 15 is 0 Å². The zero-order valence-corrected chi connectivity index (χ0v) is 10.6. The molecule has 2 aromatic rings. The average Bonchev–Trinajstić information content (AvgIpc) is 2.46. The van der Waals surface area contributed by atoms with Gasteiger partial charge in [-0.1, -0.05) is 48.5 Å². The van der Waals surface area contributed by atoms with Crippen LogP contribution in [0.2, 0.25) is 0 Å². The first-order valence-corrected chi connectivity index (χ1v) is 5.88. The number of anilines is 1. The van der Waals surface area contributed by atoms with Gasteiger partial charge in [-0.05, 0) is 12.1 Å². The molecule has 2 aromatic carbocycles. The van der Waals surface area contributed by atoms with Gasteiger partial charge in [-0.15, -0.1) is 0 Å². The highest BCUT2D eigenvalue weighted by Gasteiger charge is 2.13. The molecule has 0 aliphatic rings. The summed E-state index contributed by atoms with van der Waals surface area (Å²) in [5.74, 6) is 0. The minimum Gasteiger partial charge on any atom is -0.339 e. The first kappa shape index (κ1) is 12.8. The minimum absolute atomic E-state index is 0.429. The van der Waals surface area contributed by atoms with Gasteiger partial charge in [-0.3, -0.25) is 10.1 Å². The number of benzene rings is 2. The Hall–Kier alpha value is -2.62. The molecule has 96 valence electrons. The zero-order chi connectivity index (χ0) is 13.7. The SMILES string of the molecule is CN(/C(=C\[N+](=O)[O-])c1ccccc1)c1ccccc1. The molecule has 0 aromatic heterocycles. The molecule has 0 aliphatic carbocycles. The molecule has 0 bridgehead atoms. The molecular formula is C15H14N2O2. The van der Waals surface area contributed by atoms with Crippen LogP contribution >= 0.6 is 0 Å². The fourth-order valence-electron chi connectivity index (χ4n) is 1.85. The number of hydrogen-bond acceptors (Lipinski definition) is 3. The summed E-state index contributed by atoms with van der Waals surface area (Å²) in [6, 6.07) is 18.9. The maximum atomic E-state index is 10.8. The summed E-state index contributed by atoms with van der Waals surface area (Å²) in [5.41, 5.74) is 2.27. The lowest BCUT2D eigenvalue weighted by atomic mass is 10.1. The van der Waals surface area contributed by atoms with E-state index < -0.39 is 4.92 Å². The van der Waals surface area contributed by atoms with E-state index in [1.165, 1.54) is 0 Å². The fraction of sp³-hybridized carbons (Fsp3) is 0.0667. The van der Waals surface area contributed by atoms with Gasteiger partial charge in [0.2, 0.25) is 0 Å². The number of para-hydroxylation sites is 1. The van der Waals surface area contributed by atoms with Crippen molar-refractivity contribution >= 4 is 11.4 Å². The number of nitrogens with zero attached hydrogens (tertiary/aromatic N) is 2. The summed E-state index contributed by atoms with van der Waals surface area (Å²) in [6.45, 7) is 0. The Morgan fingerprint density at radius 2 is 1.58 bits per heavy atom. The van der Waals surface area contributed by atoms with Gasteiger partial charge in [0.25, 0.3) is 6.20 Å². The molecule has 0 aliphatic heterocycles. The van der Waals surface area contributed by atoms with Crippen LogP contribution in [0.4, 0.5) is 5.69 Å². The minimum atomic E-state index is -0.429. The summed E-state index contributed by atoms with van der Waals surface area (Å²) >= 11 is 0. The Labute approximate surface area is 111 Å². The second-order valence-electron chi connectivity index (χ2n) is 4.06. The molecule has 0 radical (unpaired) electrons. The zero-order valence-electron chi connectivity index (χ0n) is 10.6. The van der Waals surface area contributed by atoms with Gasteiger partial charge in [0.15, 0.2) is 0 Å². The Morgan fingerprint density at radius 3 is 2.11 bits per heavy atom. The first-order valence-electron chi connectivity index (χ1n) is 5.88. The van der Waals surface area contributed by atoms with E-state index in [9.17, 15) is 10.1 Å². The van der Waals surface area contributed by atoms with E-state index in [4.69, 9.17) is 0 Å². The lowest BCUT2D eigenvalue weighted by Crippen LogP contribution is -2.16. The molecule has 0 heterocycles. The predicted octanol–water partition coefficient (Wildman–Crippen LogP) is 3.40.